The van der Waals surface area contributed by atoms with Gasteiger partial charge in [-0.15, -0.1) is 0 Å². The van der Waals surface area contributed by atoms with E-state index in [0.29, 0.717) is 19.4 Å². The third kappa shape index (κ3) is 13.0. The van der Waals surface area contributed by atoms with Crippen molar-refractivity contribution in [3.63, 3.8) is 0 Å². The molecule has 5 atom stereocenters. The summed E-state index contributed by atoms with van der Waals surface area (Å²) in [5, 5.41) is 27.4. The highest BCUT2D eigenvalue weighted by atomic mass is 16.4. The minimum absolute atomic E-state index is 0.125. The lowest BCUT2D eigenvalue weighted by Crippen LogP contribution is -2.59. The molecular weight excluding hydrogens is 506 g/mol. The molecule has 16 nitrogen and oxygen atoms in total. The molecule has 5 amide bonds. The molecule has 0 unspecified atom stereocenters. The van der Waals surface area contributed by atoms with Crippen LogP contribution in [0.25, 0.3) is 0 Å². The van der Waals surface area contributed by atoms with Crippen molar-refractivity contribution in [1.82, 2.24) is 21.3 Å². The second-order valence-corrected chi connectivity index (χ2v) is 9.08. The van der Waals surface area contributed by atoms with Crippen molar-refractivity contribution in [2.24, 2.45) is 23.1 Å². The SMILES string of the molecule is CC(C)[C@H](NC(=O)[C@@H](N)CC(=O)O)C(=O)N[C@@H](CCCCN)C(=O)N[C@@H](C)C(=O)N[C@@H](CC(N)=O)C(=O)O. The van der Waals surface area contributed by atoms with Crippen molar-refractivity contribution < 1.29 is 43.8 Å². The predicted octanol–water partition coefficient (Wildman–Crippen LogP) is -3.51. The van der Waals surface area contributed by atoms with Crippen molar-refractivity contribution in [2.45, 2.75) is 83.1 Å². The van der Waals surface area contributed by atoms with Crippen LogP contribution in [0.3, 0.4) is 0 Å². The Hall–Kier alpha value is -3.79. The van der Waals surface area contributed by atoms with Gasteiger partial charge in [-0.2, -0.15) is 0 Å². The topological polar surface area (TPSA) is 286 Å². The van der Waals surface area contributed by atoms with Gasteiger partial charge in [0.1, 0.15) is 24.2 Å². The van der Waals surface area contributed by atoms with Gasteiger partial charge in [-0.25, -0.2) is 4.79 Å². The van der Waals surface area contributed by atoms with Crippen molar-refractivity contribution >= 4 is 41.5 Å². The third-order valence-corrected chi connectivity index (χ3v) is 5.33. The first-order valence-electron chi connectivity index (χ1n) is 12.0. The minimum Gasteiger partial charge on any atom is -0.481 e. The van der Waals surface area contributed by atoms with Crippen LogP contribution >= 0.6 is 0 Å². The summed E-state index contributed by atoms with van der Waals surface area (Å²) in [6.45, 7) is 4.84. The highest BCUT2D eigenvalue weighted by Crippen LogP contribution is 2.07. The molecule has 0 rings (SSSR count). The average molecular weight is 546 g/mol. The number of carboxylic acid groups (broad SMARTS) is 2. The molecule has 0 radical (unpaired) electrons. The first-order chi connectivity index (χ1) is 17.6. The number of hydrogen-bond acceptors (Lipinski definition) is 9. The van der Waals surface area contributed by atoms with Gasteiger partial charge in [-0.05, 0) is 38.6 Å². The smallest absolute Gasteiger partial charge is 0.326 e. The predicted molar refractivity (Wildman–Crippen MR) is 133 cm³/mol. The Morgan fingerprint density at radius 2 is 1.32 bits per heavy atom. The second-order valence-electron chi connectivity index (χ2n) is 9.08. The van der Waals surface area contributed by atoms with E-state index in [0.717, 1.165) is 0 Å². The van der Waals surface area contributed by atoms with Crippen LogP contribution in [0.5, 0.6) is 0 Å². The van der Waals surface area contributed by atoms with E-state index in [-0.39, 0.29) is 6.42 Å². The summed E-state index contributed by atoms with van der Waals surface area (Å²) in [7, 11) is 0. The molecule has 0 saturated carbocycles. The van der Waals surface area contributed by atoms with Crippen molar-refractivity contribution in [1.29, 1.82) is 0 Å². The van der Waals surface area contributed by atoms with E-state index in [1.165, 1.54) is 6.92 Å². The molecule has 0 spiro atoms. The molecule has 12 N–H and O–H groups in total. The molecule has 0 aromatic rings. The fourth-order valence-electron chi connectivity index (χ4n) is 3.18. The fraction of sp³-hybridized carbons (Fsp3) is 0.682. The minimum atomic E-state index is -1.60. The zero-order chi connectivity index (χ0) is 29.6. The number of nitrogens with two attached hydrogens (primary N) is 3. The van der Waals surface area contributed by atoms with Crippen molar-refractivity contribution in [3.8, 4) is 0 Å². The van der Waals surface area contributed by atoms with E-state index in [9.17, 15) is 33.6 Å². The molecule has 0 saturated heterocycles. The molecule has 216 valence electrons. The van der Waals surface area contributed by atoms with Crippen LogP contribution in [0.1, 0.15) is 52.9 Å². The summed E-state index contributed by atoms with van der Waals surface area (Å²) in [4.78, 5) is 83.7. The summed E-state index contributed by atoms with van der Waals surface area (Å²) in [5.74, 6) is -7.48. The zero-order valence-electron chi connectivity index (χ0n) is 21.7. The van der Waals surface area contributed by atoms with Crippen LogP contribution in [0.4, 0.5) is 0 Å². The van der Waals surface area contributed by atoms with Crippen LogP contribution in [-0.2, 0) is 33.6 Å². The van der Waals surface area contributed by atoms with Gasteiger partial charge >= 0.3 is 11.9 Å². The lowest BCUT2D eigenvalue weighted by atomic mass is 10.0. The van der Waals surface area contributed by atoms with Crippen LogP contribution in [-0.4, -0.2) is 88.4 Å². The highest BCUT2D eigenvalue weighted by molar-refractivity contribution is 5.96. The van der Waals surface area contributed by atoms with E-state index in [4.69, 9.17) is 27.4 Å². The summed E-state index contributed by atoms with van der Waals surface area (Å²) in [6.07, 6.45) is -0.225. The van der Waals surface area contributed by atoms with Gasteiger partial charge in [-0.1, -0.05) is 13.8 Å². The molecule has 0 fully saturated rings. The maximum atomic E-state index is 13.0. The van der Waals surface area contributed by atoms with Crippen LogP contribution in [0.2, 0.25) is 0 Å². The Bertz CT molecular complexity index is 881. The van der Waals surface area contributed by atoms with Gasteiger partial charge in [0, 0.05) is 0 Å². The van der Waals surface area contributed by atoms with Crippen molar-refractivity contribution in [3.05, 3.63) is 0 Å². The quantitative estimate of drug-likeness (QED) is 0.0761. The number of carboxylic acids is 2. The average Bonchev–Trinajstić information content (AvgIpc) is 2.79. The van der Waals surface area contributed by atoms with E-state index in [1.54, 1.807) is 13.8 Å². The molecule has 38 heavy (non-hydrogen) atoms. The summed E-state index contributed by atoms with van der Waals surface area (Å²) in [5.41, 5.74) is 16.0. The number of rotatable bonds is 18. The molecular formula is C22H39N7O9. The van der Waals surface area contributed by atoms with Crippen LogP contribution < -0.4 is 38.5 Å². The van der Waals surface area contributed by atoms with Gasteiger partial charge in [0.25, 0.3) is 0 Å². The van der Waals surface area contributed by atoms with Crippen LogP contribution in [0.15, 0.2) is 0 Å². The fourth-order valence-corrected chi connectivity index (χ4v) is 3.18. The molecule has 16 heteroatoms. The normalized spacial score (nSPS) is 14.8. The number of unbranched alkanes of at least 4 members (excludes halogenated alkanes) is 1. The molecule has 0 aromatic carbocycles. The Labute approximate surface area is 219 Å². The second kappa shape index (κ2) is 16.9. The number of primary amides is 1. The zero-order valence-corrected chi connectivity index (χ0v) is 21.7. The number of carbonyl (C=O) groups is 7. The van der Waals surface area contributed by atoms with Crippen LogP contribution in [0, 0.1) is 5.92 Å². The van der Waals surface area contributed by atoms with Gasteiger partial charge in [0.2, 0.25) is 29.5 Å². The Kier molecular flexibility index (Phi) is 15.2. The molecule has 0 bridgehead atoms. The molecule has 0 aliphatic rings. The lowest BCUT2D eigenvalue weighted by molar-refractivity contribution is -0.143. The van der Waals surface area contributed by atoms with E-state index in [1.807, 2.05) is 0 Å². The Balaban J connectivity index is 5.49. The monoisotopic (exact) mass is 545 g/mol. The summed E-state index contributed by atoms with van der Waals surface area (Å²) < 4.78 is 0. The highest BCUT2D eigenvalue weighted by Gasteiger charge is 2.32. The van der Waals surface area contributed by atoms with Gasteiger partial charge in [0.15, 0.2) is 0 Å². The van der Waals surface area contributed by atoms with E-state index >= 15 is 0 Å². The number of carbonyl (C=O) groups excluding carboxylic acids is 5. The number of hydrogen-bond donors (Lipinski definition) is 9. The molecule has 0 aliphatic heterocycles. The Morgan fingerprint density at radius 1 is 0.737 bits per heavy atom. The van der Waals surface area contributed by atoms with Crippen molar-refractivity contribution in [2.75, 3.05) is 6.54 Å². The number of nitrogens with one attached hydrogen (secondary N) is 4. The number of amides is 5. The van der Waals surface area contributed by atoms with Gasteiger partial charge in [-0.3, -0.25) is 28.8 Å². The lowest BCUT2D eigenvalue weighted by Gasteiger charge is -2.27. The molecule has 0 aliphatic carbocycles. The van der Waals surface area contributed by atoms with E-state index in [2.05, 4.69) is 21.3 Å². The number of aliphatic carboxylic acids is 2. The summed E-state index contributed by atoms with van der Waals surface area (Å²) >= 11 is 0. The largest absolute Gasteiger partial charge is 0.481 e. The first-order valence-corrected chi connectivity index (χ1v) is 12.0. The third-order valence-electron chi connectivity index (χ3n) is 5.33. The van der Waals surface area contributed by atoms with E-state index < -0.39 is 90.4 Å². The standard InChI is InChI=1S/C22H39N7O9/c1-10(2)17(29-19(34)12(24)8-16(31)32)21(36)27-13(6-4-5-7-23)20(35)26-11(3)18(33)28-14(22(37)38)9-15(25)30/h10-14,17H,4-9,23-24H2,1-3H3,(H2,25,30)(H,26,35)(H,27,36)(H,28,33)(H,29,34)(H,31,32)(H,37,38)/t11-,12-,13-,14-,17-/m0/s1. The van der Waals surface area contributed by atoms with Gasteiger partial charge in [0.05, 0.1) is 18.9 Å². The Morgan fingerprint density at radius 3 is 1.79 bits per heavy atom. The van der Waals surface area contributed by atoms with Gasteiger partial charge < -0.3 is 48.7 Å². The maximum absolute atomic E-state index is 13.0. The maximum Gasteiger partial charge on any atom is 0.326 e. The summed E-state index contributed by atoms with van der Waals surface area (Å²) in [6, 6.07) is -6.55. The molecule has 0 heterocycles. The first kappa shape index (κ1) is 34.2. The molecule has 0 aromatic heterocycles.